The molecule has 1 aromatic carbocycles. The van der Waals surface area contributed by atoms with E-state index in [1.807, 2.05) is 0 Å². The van der Waals surface area contributed by atoms with Gasteiger partial charge in [0.25, 0.3) is 0 Å². The van der Waals surface area contributed by atoms with E-state index in [9.17, 15) is 8.78 Å². The van der Waals surface area contributed by atoms with E-state index in [2.05, 4.69) is 5.32 Å². The highest BCUT2D eigenvalue weighted by Gasteiger charge is 2.13. The topological polar surface area (TPSA) is 21.3 Å². The van der Waals surface area contributed by atoms with E-state index in [1.54, 1.807) is 0 Å². The molecule has 0 saturated heterocycles. The van der Waals surface area contributed by atoms with Gasteiger partial charge in [-0.2, -0.15) is 0 Å². The summed E-state index contributed by atoms with van der Waals surface area (Å²) in [6.07, 6.45) is 4.96. The minimum atomic E-state index is -0.521. The monoisotopic (exact) mass is 241 g/mol. The second-order valence-corrected chi connectivity index (χ2v) is 4.36. The van der Waals surface area contributed by atoms with Gasteiger partial charge < -0.3 is 10.1 Å². The van der Waals surface area contributed by atoms with Crippen LogP contribution in [0.4, 0.5) is 8.78 Å². The van der Waals surface area contributed by atoms with Crippen LogP contribution in [0, 0.1) is 11.6 Å². The molecule has 1 aliphatic rings. The smallest absolute Gasteiger partial charge is 0.165 e. The van der Waals surface area contributed by atoms with Crippen LogP contribution in [0.1, 0.15) is 25.7 Å². The molecule has 94 valence electrons. The number of hydrogen-bond acceptors (Lipinski definition) is 2. The van der Waals surface area contributed by atoms with Crippen molar-refractivity contribution >= 4 is 0 Å². The molecule has 0 spiro atoms. The normalized spacial score (nSPS) is 16.4. The first-order valence-corrected chi connectivity index (χ1v) is 6.07. The van der Waals surface area contributed by atoms with Crippen molar-refractivity contribution < 1.29 is 13.5 Å². The van der Waals surface area contributed by atoms with E-state index in [4.69, 9.17) is 4.74 Å². The fraction of sp³-hybridized carbons (Fsp3) is 0.538. The van der Waals surface area contributed by atoms with E-state index < -0.39 is 11.6 Å². The summed E-state index contributed by atoms with van der Waals surface area (Å²) in [5, 5.41) is 3.34. The highest BCUT2D eigenvalue weighted by atomic mass is 19.1. The molecule has 0 aromatic heterocycles. The Bertz CT molecular complexity index is 364. The summed E-state index contributed by atoms with van der Waals surface area (Å²) in [6, 6.07) is 3.80. The van der Waals surface area contributed by atoms with Crippen LogP contribution in [0.5, 0.6) is 5.75 Å². The van der Waals surface area contributed by atoms with Gasteiger partial charge in [0.1, 0.15) is 12.4 Å². The Morgan fingerprint density at radius 3 is 2.76 bits per heavy atom. The molecular weight excluding hydrogens is 224 g/mol. The van der Waals surface area contributed by atoms with E-state index in [0.717, 1.165) is 18.2 Å². The Labute approximate surface area is 100.0 Å². The van der Waals surface area contributed by atoms with Gasteiger partial charge in [0.2, 0.25) is 0 Å². The van der Waals surface area contributed by atoms with Crippen molar-refractivity contribution in [2.24, 2.45) is 0 Å². The van der Waals surface area contributed by atoms with Crippen LogP contribution in [0.2, 0.25) is 0 Å². The standard InChI is InChI=1S/C13H17F2NO/c14-10-5-6-12(15)13(9-10)17-8-7-16-11-3-1-2-4-11/h5-6,9,11,16H,1-4,7-8H2. The predicted octanol–water partition coefficient (Wildman–Crippen LogP) is 2.88. The first-order valence-electron chi connectivity index (χ1n) is 6.07. The first-order chi connectivity index (χ1) is 8.25. The van der Waals surface area contributed by atoms with Crippen LogP contribution in [-0.2, 0) is 0 Å². The first kappa shape index (κ1) is 12.3. The van der Waals surface area contributed by atoms with Gasteiger partial charge in [-0.05, 0) is 25.0 Å². The third-order valence-electron chi connectivity index (χ3n) is 3.04. The highest BCUT2D eigenvalue weighted by Crippen LogP contribution is 2.18. The molecule has 1 fully saturated rings. The Hall–Kier alpha value is -1.16. The van der Waals surface area contributed by atoms with Crippen molar-refractivity contribution in [3.05, 3.63) is 29.8 Å². The number of rotatable bonds is 5. The molecule has 2 nitrogen and oxygen atoms in total. The Morgan fingerprint density at radius 1 is 1.24 bits per heavy atom. The van der Waals surface area contributed by atoms with Crippen molar-refractivity contribution in [3.63, 3.8) is 0 Å². The zero-order valence-corrected chi connectivity index (χ0v) is 9.72. The van der Waals surface area contributed by atoms with E-state index in [0.29, 0.717) is 19.2 Å². The lowest BCUT2D eigenvalue weighted by molar-refractivity contribution is 0.290. The third kappa shape index (κ3) is 3.66. The summed E-state index contributed by atoms with van der Waals surface area (Å²) < 4.78 is 31.2. The minimum absolute atomic E-state index is 0.0155. The molecule has 17 heavy (non-hydrogen) atoms. The van der Waals surface area contributed by atoms with Crippen molar-refractivity contribution in [1.82, 2.24) is 5.32 Å². The fourth-order valence-electron chi connectivity index (χ4n) is 2.14. The molecule has 4 heteroatoms. The highest BCUT2D eigenvalue weighted by molar-refractivity contribution is 5.24. The molecule has 2 rings (SSSR count). The average molecular weight is 241 g/mol. The van der Waals surface area contributed by atoms with Crippen LogP contribution in [-0.4, -0.2) is 19.2 Å². The van der Waals surface area contributed by atoms with Gasteiger partial charge in [-0.3, -0.25) is 0 Å². The molecule has 1 aliphatic carbocycles. The van der Waals surface area contributed by atoms with Crippen LogP contribution >= 0.6 is 0 Å². The maximum Gasteiger partial charge on any atom is 0.165 e. The molecule has 0 heterocycles. The molecule has 0 radical (unpaired) electrons. The second kappa shape index (κ2) is 5.96. The zero-order chi connectivity index (χ0) is 12.1. The lowest BCUT2D eigenvalue weighted by Gasteiger charge is -2.12. The van der Waals surface area contributed by atoms with Crippen molar-refractivity contribution in [2.45, 2.75) is 31.7 Å². The predicted molar refractivity (Wildman–Crippen MR) is 62.1 cm³/mol. The average Bonchev–Trinajstić information content (AvgIpc) is 2.82. The minimum Gasteiger partial charge on any atom is -0.489 e. The summed E-state index contributed by atoms with van der Waals surface area (Å²) >= 11 is 0. The molecule has 1 aromatic rings. The Balaban J connectivity index is 1.72. The maximum absolute atomic E-state index is 13.2. The zero-order valence-electron chi connectivity index (χ0n) is 9.72. The molecule has 1 saturated carbocycles. The molecule has 0 bridgehead atoms. The van der Waals surface area contributed by atoms with Gasteiger partial charge in [-0.25, -0.2) is 8.78 Å². The van der Waals surface area contributed by atoms with Gasteiger partial charge in [-0.1, -0.05) is 12.8 Å². The summed E-state index contributed by atoms with van der Waals surface area (Å²) in [5.74, 6) is -1.02. The lowest BCUT2D eigenvalue weighted by Crippen LogP contribution is -2.30. The summed E-state index contributed by atoms with van der Waals surface area (Å²) in [5.41, 5.74) is 0. The van der Waals surface area contributed by atoms with E-state index >= 15 is 0 Å². The van der Waals surface area contributed by atoms with Gasteiger partial charge in [0, 0.05) is 18.7 Å². The molecule has 0 atom stereocenters. The maximum atomic E-state index is 13.2. The lowest BCUT2D eigenvalue weighted by atomic mass is 10.2. The van der Waals surface area contributed by atoms with Crippen LogP contribution < -0.4 is 10.1 Å². The third-order valence-corrected chi connectivity index (χ3v) is 3.04. The summed E-state index contributed by atoms with van der Waals surface area (Å²) in [4.78, 5) is 0. The number of halogens is 2. The van der Waals surface area contributed by atoms with Crippen LogP contribution in [0.25, 0.3) is 0 Å². The molecular formula is C13H17F2NO. The number of nitrogens with one attached hydrogen (secondary N) is 1. The Kier molecular flexibility index (Phi) is 4.31. The number of ether oxygens (including phenoxy) is 1. The van der Waals surface area contributed by atoms with Crippen molar-refractivity contribution in [2.75, 3.05) is 13.2 Å². The fourth-order valence-corrected chi connectivity index (χ4v) is 2.14. The summed E-state index contributed by atoms with van der Waals surface area (Å²) in [7, 11) is 0. The number of benzene rings is 1. The van der Waals surface area contributed by atoms with Gasteiger partial charge in [0.05, 0.1) is 0 Å². The van der Waals surface area contributed by atoms with Gasteiger partial charge >= 0.3 is 0 Å². The quantitative estimate of drug-likeness (QED) is 0.800. The molecule has 0 unspecified atom stereocenters. The van der Waals surface area contributed by atoms with Crippen molar-refractivity contribution in [3.8, 4) is 5.75 Å². The largest absolute Gasteiger partial charge is 0.489 e. The van der Waals surface area contributed by atoms with Crippen LogP contribution in [0.15, 0.2) is 18.2 Å². The summed E-state index contributed by atoms with van der Waals surface area (Å²) in [6.45, 7) is 1.03. The second-order valence-electron chi connectivity index (χ2n) is 4.36. The molecule has 0 aliphatic heterocycles. The number of hydrogen-bond donors (Lipinski definition) is 1. The van der Waals surface area contributed by atoms with Gasteiger partial charge in [-0.15, -0.1) is 0 Å². The van der Waals surface area contributed by atoms with Crippen LogP contribution in [0.3, 0.4) is 0 Å². The Morgan fingerprint density at radius 2 is 2.00 bits per heavy atom. The SMILES string of the molecule is Fc1ccc(F)c(OCCNC2CCCC2)c1. The molecule has 0 amide bonds. The van der Waals surface area contributed by atoms with Gasteiger partial charge in [0.15, 0.2) is 11.6 Å². The molecule has 1 N–H and O–H groups in total. The van der Waals surface area contributed by atoms with E-state index in [-0.39, 0.29) is 5.75 Å². The van der Waals surface area contributed by atoms with E-state index in [1.165, 1.54) is 25.7 Å². The van der Waals surface area contributed by atoms with Crippen molar-refractivity contribution in [1.29, 1.82) is 0 Å².